The lowest BCUT2D eigenvalue weighted by Crippen LogP contribution is -2.34. The van der Waals surface area contributed by atoms with E-state index < -0.39 is 9.84 Å². The molecule has 21 heavy (non-hydrogen) atoms. The van der Waals surface area contributed by atoms with Crippen LogP contribution in [-0.2, 0) is 16.3 Å². The van der Waals surface area contributed by atoms with Crippen LogP contribution in [0, 0.1) is 5.92 Å². The Balaban J connectivity index is 1.95. The van der Waals surface area contributed by atoms with Crippen LogP contribution >= 0.6 is 15.9 Å². The summed E-state index contributed by atoms with van der Waals surface area (Å²) >= 11 is 3.39. The molecular formula is C15H23BrN2O2S. The summed E-state index contributed by atoms with van der Waals surface area (Å²) in [7, 11) is -2.79. The van der Waals surface area contributed by atoms with Crippen LogP contribution in [0.5, 0.6) is 0 Å². The van der Waals surface area contributed by atoms with Crippen molar-refractivity contribution in [2.24, 2.45) is 5.92 Å². The average Bonchev–Trinajstić information content (AvgIpc) is 2.78. The Kier molecular flexibility index (Phi) is 6.20. The number of hydrogen-bond acceptors (Lipinski definition) is 4. The number of sulfone groups is 1. The topological polar surface area (TPSA) is 59.1 Å². The summed E-state index contributed by atoms with van der Waals surface area (Å²) in [6.45, 7) is 3.10. The smallest absolute Gasteiger partial charge is 0.150 e. The molecule has 2 unspecified atom stereocenters. The minimum Gasteiger partial charge on any atom is -0.314 e. The molecule has 1 fully saturated rings. The summed E-state index contributed by atoms with van der Waals surface area (Å²) in [5.74, 6) is 1.000. The molecule has 2 rings (SSSR count). The number of nitrogens with zero attached hydrogens (tertiary/aromatic N) is 1. The van der Waals surface area contributed by atoms with Crippen molar-refractivity contribution in [2.45, 2.75) is 38.6 Å². The van der Waals surface area contributed by atoms with Crippen molar-refractivity contribution in [3.05, 3.63) is 28.5 Å². The van der Waals surface area contributed by atoms with E-state index in [-0.39, 0.29) is 0 Å². The summed E-state index contributed by atoms with van der Waals surface area (Å²) < 4.78 is 24.2. The molecule has 6 heteroatoms. The van der Waals surface area contributed by atoms with E-state index in [2.05, 4.69) is 33.2 Å². The summed E-state index contributed by atoms with van der Waals surface area (Å²) in [6.07, 6.45) is 5.46. The zero-order valence-corrected chi connectivity index (χ0v) is 14.8. The van der Waals surface area contributed by atoms with Gasteiger partial charge >= 0.3 is 0 Å². The molecule has 0 spiro atoms. The maximum Gasteiger partial charge on any atom is 0.150 e. The highest BCUT2D eigenvalue weighted by atomic mass is 79.9. The maximum atomic E-state index is 11.6. The van der Waals surface area contributed by atoms with Crippen molar-refractivity contribution in [3.63, 3.8) is 0 Å². The third kappa shape index (κ3) is 5.68. The zero-order valence-electron chi connectivity index (χ0n) is 12.4. The van der Waals surface area contributed by atoms with E-state index in [1.807, 2.05) is 18.3 Å². The fourth-order valence-electron chi connectivity index (χ4n) is 2.83. The van der Waals surface area contributed by atoms with Gasteiger partial charge < -0.3 is 5.32 Å². The number of hydrogen-bond donors (Lipinski definition) is 1. The van der Waals surface area contributed by atoms with Gasteiger partial charge in [0.2, 0.25) is 0 Å². The second-order valence-electron chi connectivity index (χ2n) is 5.83. The zero-order chi connectivity index (χ0) is 15.3. The SMILES string of the molecule is CCCNC(Cc1ccc(Br)cn1)CC1CCS(=O)(=O)C1. The highest BCUT2D eigenvalue weighted by Gasteiger charge is 2.29. The highest BCUT2D eigenvalue weighted by Crippen LogP contribution is 2.24. The predicted octanol–water partition coefficient (Wildman–Crippen LogP) is 2.58. The van der Waals surface area contributed by atoms with Crippen LogP contribution in [0.15, 0.2) is 22.8 Å². The molecule has 2 heterocycles. The van der Waals surface area contributed by atoms with Crippen molar-refractivity contribution < 1.29 is 8.42 Å². The van der Waals surface area contributed by atoms with Gasteiger partial charge in [0.25, 0.3) is 0 Å². The number of aromatic nitrogens is 1. The van der Waals surface area contributed by atoms with Crippen LogP contribution in [0.4, 0.5) is 0 Å². The van der Waals surface area contributed by atoms with Gasteiger partial charge in [-0.3, -0.25) is 4.98 Å². The second-order valence-corrected chi connectivity index (χ2v) is 8.97. The van der Waals surface area contributed by atoms with Gasteiger partial charge in [-0.15, -0.1) is 0 Å². The fraction of sp³-hybridized carbons (Fsp3) is 0.667. The molecule has 118 valence electrons. The first-order valence-corrected chi connectivity index (χ1v) is 10.1. The highest BCUT2D eigenvalue weighted by molar-refractivity contribution is 9.10. The Morgan fingerprint density at radius 2 is 2.29 bits per heavy atom. The molecule has 0 aliphatic carbocycles. The van der Waals surface area contributed by atoms with E-state index >= 15 is 0 Å². The molecule has 1 saturated heterocycles. The van der Waals surface area contributed by atoms with Crippen molar-refractivity contribution in [2.75, 3.05) is 18.1 Å². The van der Waals surface area contributed by atoms with Gasteiger partial charge in [0.15, 0.2) is 9.84 Å². The van der Waals surface area contributed by atoms with Gasteiger partial charge in [-0.05, 0) is 59.8 Å². The lowest BCUT2D eigenvalue weighted by molar-refractivity contribution is 0.400. The summed E-state index contributed by atoms with van der Waals surface area (Å²) in [4.78, 5) is 4.42. The predicted molar refractivity (Wildman–Crippen MR) is 89.1 cm³/mol. The van der Waals surface area contributed by atoms with Gasteiger partial charge in [0.05, 0.1) is 11.5 Å². The third-order valence-electron chi connectivity index (χ3n) is 3.87. The van der Waals surface area contributed by atoms with E-state index in [1.165, 1.54) is 0 Å². The van der Waals surface area contributed by atoms with Crippen molar-refractivity contribution in [1.29, 1.82) is 0 Å². The van der Waals surface area contributed by atoms with Gasteiger partial charge in [-0.1, -0.05) is 6.92 Å². The number of halogens is 1. The van der Waals surface area contributed by atoms with Crippen LogP contribution in [0.3, 0.4) is 0 Å². The Labute approximate surface area is 135 Å². The number of rotatable bonds is 7. The first kappa shape index (κ1) is 16.9. The van der Waals surface area contributed by atoms with Crippen LogP contribution in [0.25, 0.3) is 0 Å². The normalized spacial score (nSPS) is 22.3. The first-order chi connectivity index (χ1) is 9.98. The van der Waals surface area contributed by atoms with E-state index in [0.717, 1.165) is 42.4 Å². The number of pyridine rings is 1. The molecule has 2 atom stereocenters. The maximum absolute atomic E-state index is 11.6. The monoisotopic (exact) mass is 374 g/mol. The Hall–Kier alpha value is -0.460. The van der Waals surface area contributed by atoms with Crippen LogP contribution in [0.2, 0.25) is 0 Å². The fourth-order valence-corrected chi connectivity index (χ4v) is 4.94. The molecule has 0 radical (unpaired) electrons. The molecule has 1 aliphatic rings. The summed E-state index contributed by atoms with van der Waals surface area (Å²) in [5.41, 5.74) is 1.05. The lowest BCUT2D eigenvalue weighted by atomic mass is 9.96. The molecular weight excluding hydrogens is 352 g/mol. The minimum atomic E-state index is -2.79. The largest absolute Gasteiger partial charge is 0.314 e. The summed E-state index contributed by atoms with van der Waals surface area (Å²) in [5, 5.41) is 3.54. The molecule has 0 saturated carbocycles. The molecule has 1 aromatic heterocycles. The van der Waals surface area contributed by atoms with Crippen molar-refractivity contribution in [3.8, 4) is 0 Å². The van der Waals surface area contributed by atoms with Crippen LogP contribution in [0.1, 0.15) is 31.9 Å². The molecule has 0 aromatic carbocycles. The average molecular weight is 375 g/mol. The Bertz CT molecular complexity index is 545. The third-order valence-corrected chi connectivity index (χ3v) is 6.18. The molecule has 1 N–H and O–H groups in total. The van der Waals surface area contributed by atoms with Gasteiger partial charge in [0, 0.05) is 28.8 Å². The molecule has 1 aromatic rings. The van der Waals surface area contributed by atoms with Crippen LogP contribution in [-0.4, -0.2) is 37.5 Å². The van der Waals surface area contributed by atoms with Gasteiger partial charge in [0.1, 0.15) is 0 Å². The standard InChI is InChI=1S/C15H23BrN2O2S/c1-2-6-17-15(8-12-5-7-21(19,20)11-12)9-14-4-3-13(16)10-18-14/h3-4,10,12,15,17H,2,5-9,11H2,1H3. The van der Waals surface area contributed by atoms with Crippen molar-refractivity contribution in [1.82, 2.24) is 10.3 Å². The summed E-state index contributed by atoms with van der Waals surface area (Å²) in [6, 6.07) is 4.33. The number of nitrogens with one attached hydrogen (secondary N) is 1. The molecule has 0 bridgehead atoms. The van der Waals surface area contributed by atoms with Crippen LogP contribution < -0.4 is 5.32 Å². The van der Waals surface area contributed by atoms with Gasteiger partial charge in [-0.25, -0.2) is 8.42 Å². The van der Waals surface area contributed by atoms with E-state index in [4.69, 9.17) is 0 Å². The molecule has 0 amide bonds. The second kappa shape index (κ2) is 7.70. The molecule has 4 nitrogen and oxygen atoms in total. The quantitative estimate of drug-likeness (QED) is 0.796. The Morgan fingerprint density at radius 1 is 1.48 bits per heavy atom. The Morgan fingerprint density at radius 3 is 2.86 bits per heavy atom. The van der Waals surface area contributed by atoms with E-state index in [1.54, 1.807) is 0 Å². The van der Waals surface area contributed by atoms with Crippen molar-refractivity contribution >= 4 is 25.8 Å². The van der Waals surface area contributed by atoms with E-state index in [0.29, 0.717) is 23.5 Å². The van der Waals surface area contributed by atoms with Gasteiger partial charge in [-0.2, -0.15) is 0 Å². The minimum absolute atomic E-state index is 0.291. The molecule has 1 aliphatic heterocycles. The van der Waals surface area contributed by atoms with E-state index in [9.17, 15) is 8.42 Å². The first-order valence-electron chi connectivity index (χ1n) is 7.52. The lowest BCUT2D eigenvalue weighted by Gasteiger charge is -2.21.